The van der Waals surface area contributed by atoms with Gasteiger partial charge in [0.2, 0.25) is 5.76 Å². The fourth-order valence-electron chi connectivity index (χ4n) is 2.93. The number of nitrogens with zero attached hydrogens (tertiary/aromatic N) is 1. The van der Waals surface area contributed by atoms with Gasteiger partial charge in [-0.05, 0) is 25.8 Å². The van der Waals surface area contributed by atoms with Crippen LogP contribution < -0.4 is 5.32 Å². The Labute approximate surface area is 166 Å². The maximum absolute atomic E-state index is 12.5. The van der Waals surface area contributed by atoms with Crippen molar-refractivity contribution in [2.24, 2.45) is 0 Å². The smallest absolute Gasteiger partial charge is 0.410 e. The van der Waals surface area contributed by atoms with Gasteiger partial charge in [0.25, 0.3) is 5.91 Å². The van der Waals surface area contributed by atoms with E-state index in [1.807, 2.05) is 0 Å². The lowest BCUT2D eigenvalue weighted by molar-refractivity contribution is -0.117. The molecule has 0 bridgehead atoms. The zero-order valence-electron chi connectivity index (χ0n) is 15.7. The van der Waals surface area contributed by atoms with Crippen molar-refractivity contribution in [2.45, 2.75) is 26.8 Å². The largest absolute Gasteiger partial charge is 0.494 e. The summed E-state index contributed by atoms with van der Waals surface area (Å²) in [7, 11) is 0. The molecule has 0 fully saturated rings. The first-order chi connectivity index (χ1) is 13.5. The van der Waals surface area contributed by atoms with Crippen molar-refractivity contribution in [3.8, 4) is 0 Å². The quantitative estimate of drug-likeness (QED) is 0.743. The summed E-state index contributed by atoms with van der Waals surface area (Å²) >= 11 is 1.24. The van der Waals surface area contributed by atoms with Crippen molar-refractivity contribution in [3.05, 3.63) is 28.0 Å². The lowest BCUT2D eigenvalue weighted by Gasteiger charge is -2.26. The first kappa shape index (κ1) is 20.0. The van der Waals surface area contributed by atoms with Crippen molar-refractivity contribution < 1.29 is 33.3 Å². The molecule has 0 unspecified atom stereocenters. The lowest BCUT2D eigenvalue weighted by Crippen LogP contribution is -2.36. The molecule has 28 heavy (non-hydrogen) atoms. The van der Waals surface area contributed by atoms with Crippen LogP contribution in [0.2, 0.25) is 0 Å². The Morgan fingerprint density at radius 1 is 1.21 bits per heavy atom. The zero-order valence-corrected chi connectivity index (χ0v) is 16.6. The Hall–Kier alpha value is -2.75. The Balaban J connectivity index is 1.87. The molecule has 2 amide bonds. The number of thiophene rings is 1. The van der Waals surface area contributed by atoms with Crippen molar-refractivity contribution in [2.75, 3.05) is 38.3 Å². The van der Waals surface area contributed by atoms with E-state index in [9.17, 15) is 14.4 Å². The van der Waals surface area contributed by atoms with Crippen LogP contribution in [0, 0.1) is 0 Å². The highest BCUT2D eigenvalue weighted by atomic mass is 32.1. The average Bonchev–Trinajstić information content (AvgIpc) is 3.06. The molecule has 0 aromatic carbocycles. The number of fused-ring (bicyclic) bond motifs is 1. The van der Waals surface area contributed by atoms with Gasteiger partial charge in [0.1, 0.15) is 24.5 Å². The molecule has 3 heterocycles. The van der Waals surface area contributed by atoms with E-state index in [0.717, 1.165) is 10.4 Å². The molecule has 2 aliphatic rings. The molecule has 0 aliphatic carbocycles. The van der Waals surface area contributed by atoms with E-state index in [1.54, 1.807) is 18.7 Å². The molecule has 0 saturated heterocycles. The summed E-state index contributed by atoms with van der Waals surface area (Å²) < 4.78 is 20.6. The molecular weight excluding hydrogens is 388 g/mol. The number of hydrogen-bond donors (Lipinski definition) is 1. The molecule has 0 radical (unpaired) electrons. The number of esters is 1. The molecule has 3 rings (SSSR count). The number of carbonyl (C=O) groups excluding carboxylic acids is 3. The molecule has 1 aromatic rings. The molecule has 0 saturated carbocycles. The van der Waals surface area contributed by atoms with Gasteiger partial charge in [-0.15, -0.1) is 11.3 Å². The molecule has 152 valence electrons. The van der Waals surface area contributed by atoms with Crippen LogP contribution in [0.3, 0.4) is 0 Å². The van der Waals surface area contributed by atoms with E-state index >= 15 is 0 Å². The Morgan fingerprint density at radius 3 is 2.68 bits per heavy atom. The maximum atomic E-state index is 12.5. The number of rotatable bonds is 5. The van der Waals surface area contributed by atoms with E-state index in [-0.39, 0.29) is 19.0 Å². The van der Waals surface area contributed by atoms with E-state index < -0.39 is 18.0 Å². The summed E-state index contributed by atoms with van der Waals surface area (Å²) in [6.45, 7) is 5.36. The fraction of sp³-hybridized carbons (Fsp3) is 0.500. The van der Waals surface area contributed by atoms with E-state index in [0.29, 0.717) is 43.3 Å². The number of carbonyl (C=O) groups is 3. The summed E-state index contributed by atoms with van der Waals surface area (Å²) in [6.07, 6.45) is 1.32. The minimum Gasteiger partial charge on any atom is -0.494 e. The molecule has 1 aromatic heterocycles. The SMILES string of the molecule is CCOC(=O)c1c(NC(=O)C2=COCCO2)sc2c1CCN(C(=O)OCC)C2. The number of ether oxygens (including phenoxy) is 4. The molecule has 0 atom stereocenters. The van der Waals surface area contributed by atoms with E-state index in [4.69, 9.17) is 18.9 Å². The molecule has 1 N–H and O–H groups in total. The summed E-state index contributed by atoms with van der Waals surface area (Å²) in [4.78, 5) is 39.4. The monoisotopic (exact) mass is 410 g/mol. The molecule has 0 spiro atoms. The van der Waals surface area contributed by atoms with Crippen LogP contribution in [-0.4, -0.2) is 55.8 Å². The second-order valence-corrected chi connectivity index (χ2v) is 7.06. The highest BCUT2D eigenvalue weighted by Gasteiger charge is 2.32. The predicted molar refractivity (Wildman–Crippen MR) is 100 cm³/mol. The number of nitrogens with one attached hydrogen (secondary N) is 1. The summed E-state index contributed by atoms with van der Waals surface area (Å²) in [5, 5.41) is 3.09. The number of hydrogen-bond acceptors (Lipinski definition) is 8. The van der Waals surface area contributed by atoms with Crippen molar-refractivity contribution in [1.29, 1.82) is 0 Å². The third kappa shape index (κ3) is 4.22. The minimum absolute atomic E-state index is 0.0422. The molecule has 10 heteroatoms. The highest BCUT2D eigenvalue weighted by molar-refractivity contribution is 7.17. The van der Waals surface area contributed by atoms with Crippen LogP contribution in [0.15, 0.2) is 12.0 Å². The van der Waals surface area contributed by atoms with Crippen molar-refractivity contribution in [1.82, 2.24) is 4.90 Å². The third-order valence-corrected chi connectivity index (χ3v) is 5.29. The molecule has 2 aliphatic heterocycles. The van der Waals surface area contributed by atoms with Crippen LogP contribution in [0.4, 0.5) is 9.80 Å². The summed E-state index contributed by atoms with van der Waals surface area (Å²) in [5.74, 6) is -0.971. The van der Waals surface area contributed by atoms with Gasteiger partial charge in [-0.2, -0.15) is 0 Å². The van der Waals surface area contributed by atoms with Gasteiger partial charge in [0.15, 0.2) is 0 Å². The van der Waals surface area contributed by atoms with Gasteiger partial charge < -0.3 is 29.2 Å². The van der Waals surface area contributed by atoms with Crippen LogP contribution in [0.25, 0.3) is 0 Å². The van der Waals surface area contributed by atoms with Crippen molar-refractivity contribution in [3.63, 3.8) is 0 Å². The lowest BCUT2D eigenvalue weighted by atomic mass is 10.0. The summed E-state index contributed by atoms with van der Waals surface area (Å²) in [6, 6.07) is 0. The number of anilines is 1. The normalized spacial score (nSPS) is 15.5. The van der Waals surface area contributed by atoms with Gasteiger partial charge in [-0.3, -0.25) is 4.79 Å². The Morgan fingerprint density at radius 2 is 2.00 bits per heavy atom. The highest BCUT2D eigenvalue weighted by Crippen LogP contribution is 2.38. The van der Waals surface area contributed by atoms with Gasteiger partial charge in [0.05, 0.1) is 25.3 Å². The summed E-state index contributed by atoms with van der Waals surface area (Å²) in [5.41, 5.74) is 1.12. The standard InChI is InChI=1S/C18H22N2O7S/c1-3-25-17(22)14-11-5-6-20(18(23)26-4-2)9-13(11)28-16(14)19-15(21)12-10-24-7-8-27-12/h10H,3-9H2,1-2H3,(H,19,21). The van der Waals surface area contributed by atoms with Crippen molar-refractivity contribution >= 4 is 34.3 Å². The topological polar surface area (TPSA) is 103 Å². The van der Waals surface area contributed by atoms with Gasteiger partial charge >= 0.3 is 12.1 Å². The molecule has 9 nitrogen and oxygen atoms in total. The Bertz CT molecular complexity index is 802. The van der Waals surface area contributed by atoms with Gasteiger partial charge in [-0.1, -0.05) is 0 Å². The van der Waals surface area contributed by atoms with E-state index in [2.05, 4.69) is 5.32 Å². The van der Waals surface area contributed by atoms with Gasteiger partial charge in [-0.25, -0.2) is 9.59 Å². The minimum atomic E-state index is -0.508. The average molecular weight is 410 g/mol. The maximum Gasteiger partial charge on any atom is 0.410 e. The molecular formula is C18H22N2O7S. The van der Waals surface area contributed by atoms with Crippen LogP contribution in [0.1, 0.15) is 34.6 Å². The second kappa shape index (κ2) is 8.96. The fourth-order valence-corrected chi connectivity index (χ4v) is 4.18. The first-order valence-electron chi connectivity index (χ1n) is 9.04. The third-order valence-electron chi connectivity index (χ3n) is 4.16. The predicted octanol–water partition coefficient (Wildman–Crippen LogP) is 2.27. The zero-order chi connectivity index (χ0) is 20.1. The van der Waals surface area contributed by atoms with Crippen LogP contribution >= 0.6 is 11.3 Å². The first-order valence-corrected chi connectivity index (χ1v) is 9.86. The Kier molecular flexibility index (Phi) is 6.40. The van der Waals surface area contributed by atoms with Crippen LogP contribution in [-0.2, 0) is 36.7 Å². The number of amides is 2. The van der Waals surface area contributed by atoms with E-state index in [1.165, 1.54) is 17.6 Å². The van der Waals surface area contributed by atoms with Crippen LogP contribution in [0.5, 0.6) is 0 Å². The second-order valence-electron chi connectivity index (χ2n) is 5.95. The van der Waals surface area contributed by atoms with Gasteiger partial charge in [0, 0.05) is 11.4 Å².